The highest BCUT2D eigenvalue weighted by Crippen LogP contribution is 2.44. The summed E-state index contributed by atoms with van der Waals surface area (Å²) in [5, 5.41) is 21.7. The standard InChI is InChI=1S/C21H18BrF3N8O4S/c1-3-31-7-11(9(2)29-31)10-6-13(21(23,24)25)27-20-15(10)16(17(38-20)18(26)35)28-14(34)4-5-32-8-12(22)19(30-32)33(36)37/h6-8H,3-5H2,1-2H3,(H2,26,35)(H,28,34). The van der Waals surface area contributed by atoms with Gasteiger partial charge in [0, 0.05) is 30.1 Å². The summed E-state index contributed by atoms with van der Waals surface area (Å²) < 4.78 is 44.0. The molecule has 38 heavy (non-hydrogen) atoms. The number of aromatic nitrogens is 5. The number of rotatable bonds is 8. The van der Waals surface area contributed by atoms with Gasteiger partial charge in [0.15, 0.2) is 0 Å². The molecule has 0 aliphatic carbocycles. The van der Waals surface area contributed by atoms with E-state index in [1.54, 1.807) is 17.8 Å². The van der Waals surface area contributed by atoms with Crippen molar-refractivity contribution < 1.29 is 27.7 Å². The predicted molar refractivity (Wildman–Crippen MR) is 135 cm³/mol. The minimum atomic E-state index is -4.78. The van der Waals surface area contributed by atoms with Crippen LogP contribution >= 0.6 is 27.3 Å². The van der Waals surface area contributed by atoms with Gasteiger partial charge in [-0.15, -0.1) is 11.3 Å². The lowest BCUT2D eigenvalue weighted by molar-refractivity contribution is -0.390. The second-order valence-corrected chi connectivity index (χ2v) is 9.86. The first-order valence-corrected chi connectivity index (χ1v) is 12.5. The van der Waals surface area contributed by atoms with Crippen LogP contribution in [0.25, 0.3) is 21.3 Å². The number of anilines is 1. The third-order valence-corrected chi connectivity index (χ3v) is 7.10. The molecule has 4 aromatic rings. The van der Waals surface area contributed by atoms with E-state index in [9.17, 15) is 32.9 Å². The van der Waals surface area contributed by atoms with Gasteiger partial charge in [-0.3, -0.25) is 14.3 Å². The predicted octanol–water partition coefficient (Wildman–Crippen LogP) is 4.50. The van der Waals surface area contributed by atoms with Crippen molar-refractivity contribution in [2.75, 3.05) is 5.32 Å². The van der Waals surface area contributed by atoms with E-state index in [0.29, 0.717) is 29.1 Å². The van der Waals surface area contributed by atoms with Gasteiger partial charge in [0.25, 0.3) is 5.91 Å². The second-order valence-electron chi connectivity index (χ2n) is 8.01. The number of nitro groups is 1. The van der Waals surface area contributed by atoms with Crippen molar-refractivity contribution in [1.29, 1.82) is 0 Å². The Morgan fingerprint density at radius 3 is 2.50 bits per heavy atom. The number of thiophene rings is 1. The second kappa shape index (κ2) is 10.1. The van der Waals surface area contributed by atoms with Crippen LogP contribution < -0.4 is 11.1 Å². The van der Waals surface area contributed by atoms with Crippen LogP contribution in [-0.2, 0) is 24.1 Å². The lowest BCUT2D eigenvalue weighted by Crippen LogP contribution is -2.18. The zero-order chi connectivity index (χ0) is 27.9. The van der Waals surface area contributed by atoms with Gasteiger partial charge in [0.05, 0.1) is 29.2 Å². The topological polar surface area (TPSA) is 164 Å². The first-order chi connectivity index (χ1) is 17.8. The minimum absolute atomic E-state index is 0.0576. The minimum Gasteiger partial charge on any atom is -0.365 e. The summed E-state index contributed by atoms with van der Waals surface area (Å²) in [6.07, 6.45) is -2.11. The molecule has 4 heterocycles. The van der Waals surface area contributed by atoms with Crippen LogP contribution in [-0.4, -0.2) is 41.3 Å². The van der Waals surface area contributed by atoms with Gasteiger partial charge in [0.2, 0.25) is 5.91 Å². The summed E-state index contributed by atoms with van der Waals surface area (Å²) in [7, 11) is 0. The van der Waals surface area contributed by atoms with Gasteiger partial charge in [0.1, 0.15) is 19.9 Å². The molecule has 0 aromatic carbocycles. The van der Waals surface area contributed by atoms with Crippen molar-refractivity contribution in [2.24, 2.45) is 5.73 Å². The average Bonchev–Trinajstić information content (AvgIpc) is 3.51. The lowest BCUT2D eigenvalue weighted by Gasteiger charge is -2.12. The van der Waals surface area contributed by atoms with E-state index in [-0.39, 0.29) is 43.8 Å². The first-order valence-electron chi connectivity index (χ1n) is 10.9. The van der Waals surface area contributed by atoms with Crippen LogP contribution in [0.2, 0.25) is 0 Å². The summed E-state index contributed by atoms with van der Waals surface area (Å²) in [4.78, 5) is 38.8. The summed E-state index contributed by atoms with van der Waals surface area (Å²) >= 11 is 3.65. The van der Waals surface area contributed by atoms with Gasteiger partial charge < -0.3 is 21.2 Å². The largest absolute Gasteiger partial charge is 0.433 e. The van der Waals surface area contributed by atoms with Gasteiger partial charge >= 0.3 is 12.0 Å². The zero-order valence-corrected chi connectivity index (χ0v) is 22.1. The van der Waals surface area contributed by atoms with E-state index in [1.807, 2.05) is 6.92 Å². The normalized spacial score (nSPS) is 11.7. The van der Waals surface area contributed by atoms with E-state index in [4.69, 9.17) is 5.73 Å². The number of halogens is 4. The SMILES string of the molecule is CCn1cc(-c2cc(C(F)(F)F)nc3sc(C(N)=O)c(NC(=O)CCn4cc(Br)c([N+](=O)[O-])n4)c23)c(C)n1. The molecule has 0 saturated carbocycles. The maximum atomic E-state index is 13.7. The maximum absolute atomic E-state index is 13.7. The molecule has 17 heteroatoms. The van der Waals surface area contributed by atoms with Crippen LogP contribution in [0.4, 0.5) is 24.7 Å². The summed E-state index contributed by atoms with van der Waals surface area (Å²) in [5.74, 6) is -2.02. The lowest BCUT2D eigenvalue weighted by atomic mass is 10.0. The molecule has 0 spiro atoms. The number of hydrogen-bond donors (Lipinski definition) is 2. The third-order valence-electron chi connectivity index (χ3n) is 5.44. The van der Waals surface area contributed by atoms with Crippen molar-refractivity contribution in [2.45, 2.75) is 39.5 Å². The molecule has 4 aromatic heterocycles. The van der Waals surface area contributed by atoms with Crippen molar-refractivity contribution in [3.63, 3.8) is 0 Å². The number of aryl methyl sites for hydroxylation is 3. The van der Waals surface area contributed by atoms with Crippen molar-refractivity contribution in [3.05, 3.63) is 49.3 Å². The summed E-state index contributed by atoms with van der Waals surface area (Å²) in [5.41, 5.74) is 5.13. The van der Waals surface area contributed by atoms with Crippen LogP contribution in [0.3, 0.4) is 0 Å². The van der Waals surface area contributed by atoms with Crippen LogP contribution in [0.5, 0.6) is 0 Å². The average molecular weight is 615 g/mol. The Labute approximate surface area is 223 Å². The van der Waals surface area contributed by atoms with Crippen molar-refractivity contribution in [1.82, 2.24) is 24.5 Å². The van der Waals surface area contributed by atoms with Crippen molar-refractivity contribution >= 4 is 60.8 Å². The summed E-state index contributed by atoms with van der Waals surface area (Å²) in [6.45, 7) is 3.84. The molecule has 0 saturated heterocycles. The molecule has 2 amide bonds. The highest BCUT2D eigenvalue weighted by atomic mass is 79.9. The number of fused-ring (bicyclic) bond motifs is 1. The number of carbonyl (C=O) groups excluding carboxylic acids is 2. The van der Waals surface area contributed by atoms with Gasteiger partial charge in [-0.2, -0.15) is 23.0 Å². The Balaban J connectivity index is 1.79. The number of amides is 2. The van der Waals surface area contributed by atoms with Crippen LogP contribution in [0.15, 0.2) is 22.9 Å². The summed E-state index contributed by atoms with van der Waals surface area (Å²) in [6, 6.07) is 0.847. The van der Waals surface area contributed by atoms with E-state index < -0.39 is 34.4 Å². The molecule has 12 nitrogen and oxygen atoms in total. The van der Waals surface area contributed by atoms with Crippen LogP contribution in [0.1, 0.15) is 34.4 Å². The molecule has 0 fully saturated rings. The molecule has 0 bridgehead atoms. The van der Waals surface area contributed by atoms with Crippen LogP contribution in [0, 0.1) is 17.0 Å². The Morgan fingerprint density at radius 2 is 1.95 bits per heavy atom. The molecule has 0 unspecified atom stereocenters. The number of nitrogens with two attached hydrogens (primary N) is 1. The van der Waals surface area contributed by atoms with E-state index >= 15 is 0 Å². The molecule has 0 atom stereocenters. The monoisotopic (exact) mass is 614 g/mol. The Kier molecular flexibility index (Phi) is 7.24. The molecule has 0 aliphatic heterocycles. The van der Waals surface area contributed by atoms with Gasteiger partial charge in [-0.1, -0.05) is 0 Å². The molecule has 4 rings (SSSR count). The number of carbonyl (C=O) groups is 2. The highest BCUT2D eigenvalue weighted by Gasteiger charge is 2.35. The molecular formula is C21H18BrF3N8O4S. The first kappa shape index (κ1) is 27.2. The fraction of sp³-hybridized carbons (Fsp3) is 0.286. The number of hydrogen-bond acceptors (Lipinski definition) is 8. The van der Waals surface area contributed by atoms with Gasteiger partial charge in [-0.25, -0.2) is 4.98 Å². The van der Waals surface area contributed by atoms with Crippen molar-refractivity contribution in [3.8, 4) is 11.1 Å². The fourth-order valence-corrected chi connectivity index (χ4v) is 5.20. The number of pyridine rings is 1. The highest BCUT2D eigenvalue weighted by molar-refractivity contribution is 9.10. The quantitative estimate of drug-likeness (QED) is 0.218. The zero-order valence-electron chi connectivity index (χ0n) is 19.7. The van der Waals surface area contributed by atoms with Gasteiger partial charge in [-0.05, 0) is 46.3 Å². The number of primary amides is 1. The molecule has 3 N–H and O–H groups in total. The van der Waals surface area contributed by atoms with E-state index in [0.717, 1.165) is 6.07 Å². The third kappa shape index (κ3) is 5.24. The Bertz CT molecular complexity index is 1590. The molecule has 0 radical (unpaired) electrons. The van der Waals surface area contributed by atoms with E-state index in [1.165, 1.54) is 10.9 Å². The molecule has 0 aliphatic rings. The number of alkyl halides is 3. The maximum Gasteiger partial charge on any atom is 0.433 e. The Hall–Kier alpha value is -3.86. The van der Waals surface area contributed by atoms with E-state index in [2.05, 4.69) is 36.4 Å². The molecular weight excluding hydrogens is 597 g/mol. The Morgan fingerprint density at radius 1 is 1.24 bits per heavy atom. The number of nitrogens with zero attached hydrogens (tertiary/aromatic N) is 6. The number of nitrogens with one attached hydrogen (secondary N) is 1. The fourth-order valence-electron chi connectivity index (χ4n) is 3.74. The molecule has 200 valence electrons. The smallest absolute Gasteiger partial charge is 0.365 e.